The molecule has 0 unspecified atom stereocenters. The van der Waals surface area contributed by atoms with Crippen molar-refractivity contribution in [3.05, 3.63) is 72.8 Å². The summed E-state index contributed by atoms with van der Waals surface area (Å²) < 4.78 is 11.5. The first-order valence-corrected chi connectivity index (χ1v) is 12.9. The van der Waals surface area contributed by atoms with Gasteiger partial charge in [-0.05, 0) is 55.2 Å². The third-order valence-corrected chi connectivity index (χ3v) is 7.21. The molecule has 1 saturated heterocycles. The van der Waals surface area contributed by atoms with E-state index in [1.807, 2.05) is 48.5 Å². The molecule has 1 aliphatic rings. The van der Waals surface area contributed by atoms with Gasteiger partial charge in [-0.3, -0.25) is 9.78 Å². The highest BCUT2D eigenvalue weighted by atomic mass is 16.5. The largest absolute Gasteiger partial charge is 0.496 e. The number of hydrogen-bond acceptors (Lipinski definition) is 8. The van der Waals surface area contributed by atoms with E-state index in [0.717, 1.165) is 16.5 Å². The molecule has 6 rings (SSSR count). The summed E-state index contributed by atoms with van der Waals surface area (Å²) in [7, 11) is 1.61. The minimum atomic E-state index is -0.968. The molecule has 0 saturated carbocycles. The molecule has 10 nitrogen and oxygen atoms in total. The molecule has 2 aromatic carbocycles. The van der Waals surface area contributed by atoms with Gasteiger partial charge in [0.15, 0.2) is 11.4 Å². The Balaban J connectivity index is 1.19. The van der Waals surface area contributed by atoms with Gasteiger partial charge in [-0.15, -0.1) is 0 Å². The molecule has 2 N–H and O–H groups in total. The Morgan fingerprint density at radius 2 is 1.93 bits per heavy atom. The molecule has 1 amide bonds. The summed E-state index contributed by atoms with van der Waals surface area (Å²) in [6, 6.07) is 15.9. The quantitative estimate of drug-likeness (QED) is 0.292. The number of anilines is 2. The van der Waals surface area contributed by atoms with Crippen LogP contribution in [-0.4, -0.2) is 51.6 Å². The number of aryl methyl sites for hydroxylation is 1. The number of fused-ring (bicyclic) bond motifs is 3. The maximum atomic E-state index is 13.0. The van der Waals surface area contributed by atoms with Gasteiger partial charge in [0.05, 0.1) is 7.11 Å². The number of nitrogens with zero attached hydrogens (tertiary/aromatic N) is 4. The fraction of sp³-hybridized carbons (Fsp3) is 0.233. The van der Waals surface area contributed by atoms with Crippen LogP contribution < -0.4 is 15.0 Å². The zero-order chi connectivity index (χ0) is 27.8. The molecule has 1 fully saturated rings. The van der Waals surface area contributed by atoms with E-state index >= 15 is 0 Å². The number of para-hydroxylation sites is 1. The minimum absolute atomic E-state index is 0.172. The Morgan fingerprint density at radius 1 is 1.12 bits per heavy atom. The number of methoxy groups -OCH3 is 1. The van der Waals surface area contributed by atoms with Gasteiger partial charge in [-0.25, -0.2) is 14.8 Å². The molecule has 0 aliphatic carbocycles. The van der Waals surface area contributed by atoms with E-state index in [1.165, 1.54) is 0 Å². The van der Waals surface area contributed by atoms with E-state index in [9.17, 15) is 14.7 Å². The Labute approximate surface area is 229 Å². The van der Waals surface area contributed by atoms with Crippen LogP contribution in [-0.2, 0) is 9.59 Å². The van der Waals surface area contributed by atoms with Crippen molar-refractivity contribution in [2.45, 2.75) is 25.8 Å². The van der Waals surface area contributed by atoms with Gasteiger partial charge >= 0.3 is 5.97 Å². The lowest BCUT2D eigenvalue weighted by molar-refractivity contribution is -0.138. The molecule has 1 aliphatic heterocycles. The van der Waals surface area contributed by atoms with Gasteiger partial charge in [0.1, 0.15) is 28.7 Å². The summed E-state index contributed by atoms with van der Waals surface area (Å²) in [6.45, 7) is 2.13. The topological polar surface area (TPSA) is 131 Å². The number of carboxylic acids is 1. The molecule has 0 bridgehead atoms. The van der Waals surface area contributed by atoms with E-state index in [0.29, 0.717) is 52.7 Å². The van der Waals surface area contributed by atoms with E-state index < -0.39 is 12.0 Å². The molecule has 2 atom stereocenters. The SMILES string of the molecule is COc1ccncc1-c1ccc(NC(=O)C[C@H]2C[C@@H](C(=O)O)N(c3nc(C)nc4c3oc3ccccc34)C2)cc1. The highest BCUT2D eigenvalue weighted by Gasteiger charge is 2.40. The van der Waals surface area contributed by atoms with Crippen molar-refractivity contribution in [2.75, 3.05) is 23.9 Å². The van der Waals surface area contributed by atoms with Crippen molar-refractivity contribution in [2.24, 2.45) is 5.92 Å². The zero-order valence-corrected chi connectivity index (χ0v) is 22.0. The number of carbonyl (C=O) groups excluding carboxylic acids is 1. The molecule has 4 heterocycles. The van der Waals surface area contributed by atoms with Crippen molar-refractivity contribution in [3.63, 3.8) is 0 Å². The second-order valence-electron chi connectivity index (χ2n) is 9.88. The number of aromatic nitrogens is 3. The average molecular weight is 538 g/mol. The van der Waals surface area contributed by atoms with Gasteiger partial charge in [-0.1, -0.05) is 24.3 Å². The predicted octanol–water partition coefficient (Wildman–Crippen LogP) is 5.06. The summed E-state index contributed by atoms with van der Waals surface area (Å²) >= 11 is 0. The Hall–Kier alpha value is -4.99. The van der Waals surface area contributed by atoms with Gasteiger partial charge < -0.3 is 24.5 Å². The standard InChI is InChI=1S/C30H27N5O5/c1-17-32-27-21-5-3-4-6-25(21)40-28(27)29(33-17)35-16-18(13-23(35)30(37)38)14-26(36)34-20-9-7-19(8-10-20)22-15-31-12-11-24(22)39-2/h3-12,15,18,23H,13-14,16H2,1-2H3,(H,34,36)(H,37,38)/t18-,23+/m1/s1. The second kappa shape index (κ2) is 10.3. The number of amides is 1. The number of carboxylic acid groups (broad SMARTS) is 1. The lowest BCUT2D eigenvalue weighted by Crippen LogP contribution is -2.36. The van der Waals surface area contributed by atoms with Gasteiger partial charge in [-0.2, -0.15) is 0 Å². The van der Waals surface area contributed by atoms with Crippen molar-refractivity contribution in [3.8, 4) is 16.9 Å². The molecule has 3 aromatic heterocycles. The molecule has 40 heavy (non-hydrogen) atoms. The number of nitrogens with one attached hydrogen (secondary N) is 1. The van der Waals surface area contributed by atoms with Crippen molar-refractivity contribution in [1.82, 2.24) is 15.0 Å². The van der Waals surface area contributed by atoms with Gasteiger partial charge in [0, 0.05) is 42.0 Å². The fourth-order valence-corrected chi connectivity index (χ4v) is 5.40. The number of ether oxygens (including phenoxy) is 1. The third kappa shape index (κ3) is 4.68. The summed E-state index contributed by atoms with van der Waals surface area (Å²) in [4.78, 5) is 40.3. The number of benzene rings is 2. The number of rotatable bonds is 7. The minimum Gasteiger partial charge on any atom is -0.496 e. The van der Waals surface area contributed by atoms with Crippen LogP contribution in [0.4, 0.5) is 11.5 Å². The lowest BCUT2D eigenvalue weighted by Gasteiger charge is -2.22. The molecule has 5 aromatic rings. The molecule has 202 valence electrons. The van der Waals surface area contributed by atoms with E-state index in [2.05, 4.69) is 20.3 Å². The third-order valence-electron chi connectivity index (χ3n) is 7.21. The number of carbonyl (C=O) groups is 2. The monoisotopic (exact) mass is 537 g/mol. The second-order valence-corrected chi connectivity index (χ2v) is 9.88. The van der Waals surface area contributed by atoms with E-state index in [-0.39, 0.29) is 18.2 Å². The van der Waals surface area contributed by atoms with Gasteiger partial charge in [0.2, 0.25) is 5.91 Å². The van der Waals surface area contributed by atoms with Crippen molar-refractivity contribution < 1.29 is 23.8 Å². The van der Waals surface area contributed by atoms with Crippen LogP contribution in [0.2, 0.25) is 0 Å². The molecule has 0 radical (unpaired) electrons. The van der Waals surface area contributed by atoms with Crippen LogP contribution in [0, 0.1) is 12.8 Å². The van der Waals surface area contributed by atoms with Crippen molar-refractivity contribution >= 4 is 45.5 Å². The molecular weight excluding hydrogens is 510 g/mol. The Kier molecular flexibility index (Phi) is 6.51. The van der Waals surface area contributed by atoms with Crippen LogP contribution in [0.15, 0.2) is 71.4 Å². The zero-order valence-electron chi connectivity index (χ0n) is 22.0. The van der Waals surface area contributed by atoms with Gasteiger partial charge in [0.25, 0.3) is 0 Å². The normalized spacial score (nSPS) is 16.9. The Morgan fingerprint density at radius 3 is 2.70 bits per heavy atom. The summed E-state index contributed by atoms with van der Waals surface area (Å²) in [5.74, 6) is 0.335. The highest BCUT2D eigenvalue weighted by Crippen LogP contribution is 2.38. The van der Waals surface area contributed by atoms with Crippen LogP contribution in [0.3, 0.4) is 0 Å². The number of aliphatic carboxylic acids is 1. The maximum absolute atomic E-state index is 13.0. The lowest BCUT2D eigenvalue weighted by atomic mass is 10.0. The first-order chi connectivity index (χ1) is 19.4. The smallest absolute Gasteiger partial charge is 0.326 e. The molecular formula is C30H27N5O5. The van der Waals surface area contributed by atoms with Crippen LogP contribution in [0.25, 0.3) is 33.2 Å². The molecule has 10 heteroatoms. The number of pyridine rings is 1. The number of hydrogen-bond donors (Lipinski definition) is 2. The Bertz CT molecular complexity index is 1730. The maximum Gasteiger partial charge on any atom is 0.326 e. The summed E-state index contributed by atoms with van der Waals surface area (Å²) in [5, 5.41) is 13.8. The van der Waals surface area contributed by atoms with Crippen molar-refractivity contribution in [1.29, 1.82) is 0 Å². The highest BCUT2D eigenvalue weighted by molar-refractivity contribution is 6.06. The molecule has 0 spiro atoms. The summed E-state index contributed by atoms with van der Waals surface area (Å²) in [5.41, 5.74) is 4.18. The first-order valence-electron chi connectivity index (χ1n) is 12.9. The summed E-state index contributed by atoms with van der Waals surface area (Å²) in [6.07, 6.45) is 3.88. The predicted molar refractivity (Wildman–Crippen MR) is 150 cm³/mol. The van der Waals surface area contributed by atoms with Crippen LogP contribution in [0.5, 0.6) is 5.75 Å². The van der Waals surface area contributed by atoms with Crippen LogP contribution >= 0.6 is 0 Å². The average Bonchev–Trinajstić information content (AvgIpc) is 3.55. The van der Waals surface area contributed by atoms with Crippen LogP contribution in [0.1, 0.15) is 18.7 Å². The number of furan rings is 1. The van der Waals surface area contributed by atoms with E-state index in [4.69, 9.17) is 9.15 Å². The fourth-order valence-electron chi connectivity index (χ4n) is 5.40. The van der Waals surface area contributed by atoms with E-state index in [1.54, 1.807) is 37.4 Å². The first kappa shape index (κ1) is 25.3.